The number of thioether (sulfide) groups is 2. The van der Waals surface area contributed by atoms with E-state index in [1.165, 1.54) is 30.3 Å². The summed E-state index contributed by atoms with van der Waals surface area (Å²) in [6.45, 7) is 0. The van der Waals surface area contributed by atoms with Crippen molar-refractivity contribution in [2.45, 2.75) is 16.4 Å². The predicted molar refractivity (Wildman–Crippen MR) is 141 cm³/mol. The third kappa shape index (κ3) is 5.40. The maximum absolute atomic E-state index is 13.1. The number of hydrogen-bond donors (Lipinski definition) is 5. The molecule has 5 heterocycles. The zero-order valence-electron chi connectivity index (χ0n) is 20.4. The highest BCUT2D eigenvalue weighted by Crippen LogP contribution is 2.42. The Bertz CT molecular complexity index is 1650. The van der Waals surface area contributed by atoms with Crippen molar-refractivity contribution in [2.24, 2.45) is 5.16 Å². The minimum Gasteiger partial charge on any atom is -0.493 e. The minimum absolute atomic E-state index is 0.0554. The number of ether oxygens (including phenoxy) is 1. The molecule has 0 aliphatic carbocycles. The van der Waals surface area contributed by atoms with E-state index in [9.17, 15) is 34.5 Å². The molecule has 1 saturated heterocycles. The van der Waals surface area contributed by atoms with Crippen LogP contribution in [0.4, 0.5) is 9.93 Å². The molecule has 3 aromatic heterocycles. The van der Waals surface area contributed by atoms with Crippen molar-refractivity contribution < 1.29 is 44.1 Å². The normalized spacial score (nSPS) is 18.6. The Hall–Kier alpha value is -4.63. The van der Waals surface area contributed by atoms with Crippen LogP contribution in [0, 0.1) is 0 Å². The van der Waals surface area contributed by atoms with Crippen molar-refractivity contribution >= 4 is 75.4 Å². The first-order valence-electron chi connectivity index (χ1n) is 11.1. The lowest BCUT2D eigenvalue weighted by Gasteiger charge is -2.49. The molecule has 0 unspecified atom stereocenters. The van der Waals surface area contributed by atoms with Gasteiger partial charge in [-0.3, -0.25) is 14.5 Å². The number of carbonyl (C=O) groups excluding carboxylic acids is 2. The maximum atomic E-state index is 13.1. The van der Waals surface area contributed by atoms with Crippen LogP contribution in [0.1, 0.15) is 16.3 Å². The predicted octanol–water partition coefficient (Wildman–Crippen LogP) is 0.0157. The number of carboxylic acids is 1. The Morgan fingerprint density at radius 3 is 2.73 bits per heavy atom. The average Bonchev–Trinajstić information content (AvgIpc) is 3.55. The molecule has 2 amide bonds. The third-order valence-electron chi connectivity index (χ3n) is 5.48. The van der Waals surface area contributed by atoms with Gasteiger partial charge in [-0.25, -0.2) is 14.6 Å². The van der Waals surface area contributed by atoms with E-state index in [-0.39, 0.29) is 44.7 Å². The lowest BCUT2D eigenvalue weighted by atomic mass is 10.1. The number of nitrogens with two attached hydrogens (primary N) is 1. The molecule has 6 N–H and O–H groups in total. The molecule has 2 aliphatic rings. The van der Waals surface area contributed by atoms with Crippen LogP contribution in [0.2, 0.25) is 0 Å². The van der Waals surface area contributed by atoms with Crippen molar-refractivity contribution in [1.82, 2.24) is 34.8 Å². The van der Waals surface area contributed by atoms with Crippen LogP contribution in [-0.2, 0) is 19.2 Å². The molecule has 3 aromatic rings. The Morgan fingerprint density at radius 2 is 2.07 bits per heavy atom. The number of β-lactam (4-membered cyclic amide) rings is 1. The van der Waals surface area contributed by atoms with E-state index >= 15 is 0 Å². The van der Waals surface area contributed by atoms with Crippen molar-refractivity contribution in [3.8, 4) is 5.88 Å². The molecule has 0 bridgehead atoms. The van der Waals surface area contributed by atoms with Crippen molar-refractivity contribution in [1.29, 1.82) is 0 Å². The summed E-state index contributed by atoms with van der Waals surface area (Å²) in [5.74, 6) is -3.87. The smallest absolute Gasteiger partial charge is 0.493 e. The van der Waals surface area contributed by atoms with Gasteiger partial charge in [0.1, 0.15) is 29.2 Å². The second kappa shape index (κ2) is 11.1. The second-order valence-electron chi connectivity index (χ2n) is 8.02. The summed E-state index contributed by atoms with van der Waals surface area (Å²) in [6, 6.07) is 0.193. The van der Waals surface area contributed by atoms with Gasteiger partial charge in [-0.2, -0.15) is 14.5 Å². The molecule has 18 nitrogen and oxygen atoms in total. The fourth-order valence-electron chi connectivity index (χ4n) is 3.80. The summed E-state index contributed by atoms with van der Waals surface area (Å²) in [5.41, 5.74) is 5.99. The molecule has 1 fully saturated rings. The van der Waals surface area contributed by atoms with Gasteiger partial charge in [0.2, 0.25) is 11.8 Å². The Balaban J connectivity index is 1.36. The molecule has 41 heavy (non-hydrogen) atoms. The number of anilines is 1. The van der Waals surface area contributed by atoms with E-state index in [0.29, 0.717) is 5.57 Å². The number of aromatic nitrogens is 5. The van der Waals surface area contributed by atoms with E-state index in [1.54, 1.807) is 0 Å². The summed E-state index contributed by atoms with van der Waals surface area (Å²) in [6.07, 6.45) is -1.66. The van der Waals surface area contributed by atoms with Crippen LogP contribution in [0.25, 0.3) is 5.78 Å². The highest BCUT2D eigenvalue weighted by Gasteiger charge is 2.54. The molecule has 5 rings (SSSR count). The van der Waals surface area contributed by atoms with Crippen LogP contribution in [0.3, 0.4) is 0 Å². The molecule has 0 radical (unpaired) electrons. The minimum atomic E-state index is -1.66. The summed E-state index contributed by atoms with van der Waals surface area (Å²) < 4.78 is 6.09. The quantitative estimate of drug-likeness (QED) is 0.0525. The topological polar surface area (TPSA) is 257 Å². The van der Waals surface area contributed by atoms with Crippen LogP contribution in [0.5, 0.6) is 5.88 Å². The molecule has 0 spiro atoms. The van der Waals surface area contributed by atoms with E-state index in [0.717, 1.165) is 32.5 Å². The maximum Gasteiger partial charge on any atom is 0.512 e. The number of thiazole rings is 1. The van der Waals surface area contributed by atoms with E-state index in [1.807, 2.05) is 0 Å². The highest BCUT2D eigenvalue weighted by atomic mass is 32.2. The van der Waals surface area contributed by atoms with Crippen LogP contribution in [-0.4, -0.2) is 104 Å². The fourth-order valence-corrected chi connectivity index (χ4v) is 6.78. The lowest BCUT2D eigenvalue weighted by molar-refractivity contribution is -0.148. The zero-order valence-corrected chi connectivity index (χ0v) is 22.9. The molecule has 2 atom stereocenters. The van der Waals surface area contributed by atoms with Crippen LogP contribution >= 0.6 is 34.9 Å². The van der Waals surface area contributed by atoms with E-state index < -0.39 is 47.1 Å². The van der Waals surface area contributed by atoms with Gasteiger partial charge in [-0.15, -0.1) is 40.0 Å². The number of aromatic carboxylic acids is 1. The standard InChI is InChI=1S/C20H17N9O9S3/c1-37-27-10(7-5-41-18(21)22-7)13(31)24-11-14(32)28-15(38-20(35)36)6(4-40-16(11)28)3-39-9-2-8(30)23-19-25-12(17(33)34)26-29(9)19/h2,5,11,16H,3-4H2,1H3,(H2,21,22)(H,24,31)(H,33,34)(H,35,36)(H,23,25,26,30)/b27-10-/t11-,16-/m1/s1. The monoisotopic (exact) mass is 623 g/mol. The third-order valence-corrected chi connectivity index (χ3v) is 8.57. The number of nitrogen functional groups attached to an aromatic ring is 1. The molecular formula is C20H17N9O9S3. The van der Waals surface area contributed by atoms with Gasteiger partial charge >= 0.3 is 12.1 Å². The Kier molecular flexibility index (Phi) is 7.55. The number of nitrogens with one attached hydrogen (secondary N) is 1. The molecule has 0 aromatic carbocycles. The van der Waals surface area contributed by atoms with Crippen molar-refractivity contribution in [3.63, 3.8) is 0 Å². The molecule has 2 aliphatic heterocycles. The van der Waals surface area contributed by atoms with Crippen molar-refractivity contribution in [3.05, 3.63) is 34.4 Å². The molecule has 214 valence electrons. The number of aromatic hydroxyl groups is 1. The number of carbonyl (C=O) groups is 4. The van der Waals surface area contributed by atoms with Crippen molar-refractivity contribution in [2.75, 3.05) is 24.3 Å². The average molecular weight is 624 g/mol. The largest absolute Gasteiger partial charge is 0.512 e. The molecule has 0 saturated carbocycles. The number of nitrogens with zero attached hydrogens (tertiary/aromatic N) is 7. The van der Waals surface area contributed by atoms with E-state index in [4.69, 9.17) is 15.3 Å². The number of fused-ring (bicyclic) bond motifs is 2. The molecular weight excluding hydrogens is 606 g/mol. The number of oxime groups is 1. The number of hydrogen-bond acceptors (Lipinski definition) is 16. The number of amides is 2. The van der Waals surface area contributed by atoms with Gasteiger partial charge in [0.05, 0.1) is 0 Å². The van der Waals surface area contributed by atoms with Gasteiger partial charge in [-0.05, 0) is 0 Å². The van der Waals surface area contributed by atoms with Gasteiger partial charge in [-0.1, -0.05) is 5.16 Å². The van der Waals surface area contributed by atoms with Crippen LogP contribution in [0.15, 0.2) is 33.1 Å². The first-order valence-corrected chi connectivity index (χ1v) is 14.0. The van der Waals surface area contributed by atoms with Gasteiger partial charge in [0, 0.05) is 28.5 Å². The van der Waals surface area contributed by atoms with Crippen LogP contribution < -0.4 is 11.1 Å². The first-order chi connectivity index (χ1) is 19.6. The number of rotatable bonds is 9. The lowest BCUT2D eigenvalue weighted by Crippen LogP contribution is -2.70. The van der Waals surface area contributed by atoms with Gasteiger partial charge < -0.3 is 35.9 Å². The summed E-state index contributed by atoms with van der Waals surface area (Å²) in [7, 11) is 1.24. The Labute approximate surface area is 240 Å². The highest BCUT2D eigenvalue weighted by molar-refractivity contribution is 8.01. The number of carboxylic acid groups (broad SMARTS) is 2. The Morgan fingerprint density at radius 1 is 1.29 bits per heavy atom. The zero-order chi connectivity index (χ0) is 29.4. The van der Waals surface area contributed by atoms with Gasteiger partial charge in [0.25, 0.3) is 23.4 Å². The SMILES string of the molecule is CO/N=C(\C(=O)N[C@@H]1C(=O)N2C(OC(=O)O)=C(CSc3cc(O)nc4nc(C(=O)O)nn34)CS[C@H]12)c1csc(N)n1. The van der Waals surface area contributed by atoms with Gasteiger partial charge in [0.15, 0.2) is 10.8 Å². The molecule has 21 heteroatoms. The fraction of sp³-hybridized carbons (Fsp3) is 0.250. The summed E-state index contributed by atoms with van der Waals surface area (Å²) in [5, 5.41) is 39.8. The first kappa shape index (κ1) is 27.9. The second-order valence-corrected chi connectivity index (χ2v) is 11.0. The summed E-state index contributed by atoms with van der Waals surface area (Å²) in [4.78, 5) is 66.1. The summed E-state index contributed by atoms with van der Waals surface area (Å²) >= 11 is 3.38. The van der Waals surface area contributed by atoms with E-state index in [2.05, 4.69) is 30.5 Å².